The lowest BCUT2D eigenvalue weighted by Crippen LogP contribution is -2.23. The van der Waals surface area contributed by atoms with E-state index in [2.05, 4.69) is 42.5 Å². The van der Waals surface area contributed by atoms with Gasteiger partial charge in [0.1, 0.15) is 19.7 Å². The number of rotatable bonds is 9. The lowest BCUT2D eigenvalue weighted by Gasteiger charge is -2.16. The van der Waals surface area contributed by atoms with Crippen LogP contribution >= 0.6 is 22.7 Å². The van der Waals surface area contributed by atoms with Crippen molar-refractivity contribution in [1.82, 2.24) is 15.0 Å². The number of thiazole rings is 1. The summed E-state index contributed by atoms with van der Waals surface area (Å²) in [6.45, 7) is 4.14. The van der Waals surface area contributed by atoms with Crippen LogP contribution < -0.4 is 5.43 Å². The van der Waals surface area contributed by atoms with Crippen LogP contribution in [0.5, 0.6) is 0 Å². The van der Waals surface area contributed by atoms with Gasteiger partial charge in [0, 0.05) is 29.8 Å². The maximum Gasteiger partial charge on any atom is 0.227 e. The molecular formula is C23H24N4O2S3. The predicted octanol–water partition coefficient (Wildman–Crippen LogP) is 5.72. The highest BCUT2D eigenvalue weighted by Gasteiger charge is 2.23. The van der Waals surface area contributed by atoms with Crippen molar-refractivity contribution >= 4 is 55.8 Å². The fraction of sp³-hybridized carbons (Fsp3) is 0.261. The summed E-state index contributed by atoms with van der Waals surface area (Å²) in [5.41, 5.74) is 7.77. The van der Waals surface area contributed by atoms with Crippen molar-refractivity contribution in [1.29, 1.82) is 0 Å². The molecule has 0 aliphatic rings. The quantitative estimate of drug-likeness (QED) is 0.243. The number of carbonyl (C=O) groups is 1. The van der Waals surface area contributed by atoms with Gasteiger partial charge in [-0.05, 0) is 30.5 Å². The maximum atomic E-state index is 13.2. The highest BCUT2D eigenvalue weighted by Crippen LogP contribution is 2.44. The lowest BCUT2D eigenvalue weighted by atomic mass is 10.0. The second-order valence-electron chi connectivity index (χ2n) is 7.44. The van der Waals surface area contributed by atoms with Gasteiger partial charge in [0.25, 0.3) is 0 Å². The number of nitrogens with zero attached hydrogens (tertiary/aromatic N) is 3. The molecule has 6 nitrogen and oxygen atoms in total. The van der Waals surface area contributed by atoms with Gasteiger partial charge in [-0.15, -0.1) is 22.7 Å². The third kappa shape index (κ3) is 4.60. The molecule has 4 rings (SSSR count). The minimum atomic E-state index is -1.20. The van der Waals surface area contributed by atoms with E-state index in [9.17, 15) is 9.00 Å². The number of hydrogen-bond donors (Lipinski definition) is 1. The number of aromatic nitrogens is 2. The summed E-state index contributed by atoms with van der Waals surface area (Å²) in [4.78, 5) is 21.5. The van der Waals surface area contributed by atoms with Crippen LogP contribution in [0, 0.1) is 6.92 Å². The number of hydrogen-bond acceptors (Lipinski definition) is 7. The highest BCUT2D eigenvalue weighted by atomic mass is 32.2. The number of benzene rings is 1. The van der Waals surface area contributed by atoms with E-state index in [0.29, 0.717) is 22.1 Å². The summed E-state index contributed by atoms with van der Waals surface area (Å²) in [6, 6.07) is 10.3. The average Bonchev–Trinajstić information content (AvgIpc) is 3.45. The molecule has 0 radical (unpaired) electrons. The predicted molar refractivity (Wildman–Crippen MR) is 135 cm³/mol. The van der Waals surface area contributed by atoms with Gasteiger partial charge in [-0.3, -0.25) is 19.4 Å². The molecule has 0 spiro atoms. The molecule has 32 heavy (non-hydrogen) atoms. The van der Waals surface area contributed by atoms with E-state index < -0.39 is 10.8 Å². The first kappa shape index (κ1) is 22.6. The Bertz CT molecular complexity index is 1270. The van der Waals surface area contributed by atoms with E-state index in [4.69, 9.17) is 4.98 Å². The fourth-order valence-corrected chi connectivity index (χ4v) is 6.86. The average molecular weight is 485 g/mol. The molecule has 9 heteroatoms. The largest absolute Gasteiger partial charge is 0.294 e. The van der Waals surface area contributed by atoms with Crippen molar-refractivity contribution in [3.8, 4) is 21.8 Å². The van der Waals surface area contributed by atoms with Gasteiger partial charge in [0.15, 0.2) is 0 Å². The van der Waals surface area contributed by atoms with E-state index in [1.807, 2.05) is 17.5 Å². The molecule has 166 valence electrons. The Hall–Kier alpha value is -2.62. The van der Waals surface area contributed by atoms with Crippen molar-refractivity contribution in [2.24, 2.45) is 0 Å². The standard InChI is InChI=1S/C23H24N4O2S3/c1-4-5-11-32(29)23-20(26-27(3)14-28)19-17(16-8-6-7-15(2)12-16)13-18(25-22(19)31-23)21-24-9-10-30-21/h6-10,12-14,26H,4-5,11H2,1-3H3. The van der Waals surface area contributed by atoms with Crippen LogP contribution in [0.1, 0.15) is 25.3 Å². The van der Waals surface area contributed by atoms with Crippen LogP contribution in [0.4, 0.5) is 5.69 Å². The molecule has 0 saturated carbocycles. The number of fused-ring (bicyclic) bond motifs is 1. The van der Waals surface area contributed by atoms with Crippen LogP contribution in [-0.2, 0) is 15.6 Å². The molecule has 0 bridgehead atoms. The van der Waals surface area contributed by atoms with E-state index in [0.717, 1.165) is 50.5 Å². The van der Waals surface area contributed by atoms with E-state index >= 15 is 0 Å². The zero-order valence-electron chi connectivity index (χ0n) is 18.1. The molecule has 1 atom stereocenters. The number of thiophene rings is 1. The summed E-state index contributed by atoms with van der Waals surface area (Å²) in [5.74, 6) is 0.571. The van der Waals surface area contributed by atoms with Gasteiger partial charge in [-0.25, -0.2) is 9.97 Å². The summed E-state index contributed by atoms with van der Waals surface area (Å²) in [5, 5.41) is 4.98. The first-order valence-electron chi connectivity index (χ1n) is 10.3. The van der Waals surface area contributed by atoms with Gasteiger partial charge < -0.3 is 0 Å². The minimum Gasteiger partial charge on any atom is -0.294 e. The monoisotopic (exact) mass is 484 g/mol. The Labute approximate surface area is 197 Å². The smallest absolute Gasteiger partial charge is 0.227 e. The van der Waals surface area contributed by atoms with Crippen LogP contribution in [0.25, 0.3) is 32.0 Å². The molecule has 1 aromatic carbocycles. The summed E-state index contributed by atoms with van der Waals surface area (Å²) in [7, 11) is 0.440. The second kappa shape index (κ2) is 9.89. The Kier molecular flexibility index (Phi) is 6.98. The normalized spacial score (nSPS) is 12.1. The number of anilines is 1. The molecule has 0 saturated heterocycles. The summed E-state index contributed by atoms with van der Waals surface area (Å²) >= 11 is 2.96. The van der Waals surface area contributed by atoms with Gasteiger partial charge in [0.05, 0.1) is 16.5 Å². The minimum absolute atomic E-state index is 0.571. The number of carbonyl (C=O) groups excluding carboxylic acids is 1. The van der Waals surface area contributed by atoms with Gasteiger partial charge in [-0.1, -0.05) is 43.2 Å². The first-order valence-corrected chi connectivity index (χ1v) is 13.3. The molecule has 0 aliphatic carbocycles. The van der Waals surface area contributed by atoms with Gasteiger partial charge >= 0.3 is 0 Å². The molecule has 0 aliphatic heterocycles. The van der Waals surface area contributed by atoms with Gasteiger partial charge in [0.2, 0.25) is 6.41 Å². The van der Waals surface area contributed by atoms with Crippen LogP contribution in [-0.4, -0.2) is 38.4 Å². The van der Waals surface area contributed by atoms with Crippen molar-refractivity contribution in [3.05, 3.63) is 47.5 Å². The number of hydrazine groups is 1. The Morgan fingerprint density at radius 1 is 1.28 bits per heavy atom. The molecule has 1 amide bonds. The Morgan fingerprint density at radius 2 is 2.12 bits per heavy atom. The number of nitrogens with one attached hydrogen (secondary N) is 1. The van der Waals surface area contributed by atoms with Crippen LogP contribution in [0.2, 0.25) is 0 Å². The molecule has 0 fully saturated rings. The molecule has 4 aromatic rings. The van der Waals surface area contributed by atoms with Crippen molar-refractivity contribution < 1.29 is 9.00 Å². The lowest BCUT2D eigenvalue weighted by molar-refractivity contribution is -0.115. The van der Waals surface area contributed by atoms with E-state index in [-0.39, 0.29) is 0 Å². The number of amides is 1. The number of aryl methyl sites for hydroxylation is 1. The zero-order valence-corrected chi connectivity index (χ0v) is 20.6. The highest BCUT2D eigenvalue weighted by molar-refractivity contribution is 7.87. The number of pyridine rings is 1. The van der Waals surface area contributed by atoms with E-state index in [1.165, 1.54) is 27.7 Å². The number of unbranched alkanes of at least 4 members (excludes halogenated alkanes) is 1. The van der Waals surface area contributed by atoms with Crippen LogP contribution in [0.3, 0.4) is 0 Å². The molecule has 3 aromatic heterocycles. The second-order valence-corrected chi connectivity index (χ2v) is 11.1. The molecular weight excluding hydrogens is 460 g/mol. The van der Waals surface area contributed by atoms with Crippen LogP contribution in [0.15, 0.2) is 46.1 Å². The maximum absolute atomic E-state index is 13.2. The van der Waals surface area contributed by atoms with Crippen molar-refractivity contribution in [3.63, 3.8) is 0 Å². The third-order valence-electron chi connectivity index (χ3n) is 4.95. The van der Waals surface area contributed by atoms with Crippen molar-refractivity contribution in [2.75, 3.05) is 18.2 Å². The fourth-order valence-electron chi connectivity index (χ4n) is 3.41. The van der Waals surface area contributed by atoms with Crippen molar-refractivity contribution in [2.45, 2.75) is 30.9 Å². The summed E-state index contributed by atoms with van der Waals surface area (Å²) < 4.78 is 13.9. The van der Waals surface area contributed by atoms with E-state index in [1.54, 1.807) is 13.2 Å². The molecule has 3 heterocycles. The molecule has 1 unspecified atom stereocenters. The molecule has 1 N–H and O–H groups in total. The third-order valence-corrected chi connectivity index (χ3v) is 8.71. The topological polar surface area (TPSA) is 75.2 Å². The van der Waals surface area contributed by atoms with Gasteiger partial charge in [-0.2, -0.15) is 0 Å². The summed E-state index contributed by atoms with van der Waals surface area (Å²) in [6.07, 6.45) is 4.30. The first-order chi connectivity index (χ1) is 15.5. The SMILES string of the molecule is CCCCS(=O)c1sc2nc(-c3nccs3)cc(-c3cccc(C)c3)c2c1NN(C)C=O. The Morgan fingerprint density at radius 3 is 2.81 bits per heavy atom. The zero-order chi connectivity index (χ0) is 22.7. The Balaban J connectivity index is 2.01.